The largest absolute Gasteiger partial charge is 0.475 e. The molecule has 0 spiro atoms. The van der Waals surface area contributed by atoms with Gasteiger partial charge in [-0.3, -0.25) is 4.79 Å². The number of carboxylic acids is 1. The van der Waals surface area contributed by atoms with E-state index in [0.717, 1.165) is 0 Å². The van der Waals surface area contributed by atoms with Crippen LogP contribution in [0.5, 0.6) is 0 Å². The third-order valence-corrected chi connectivity index (χ3v) is 2.27. The Morgan fingerprint density at radius 2 is 1.70 bits per heavy atom. The molecule has 0 bridgehead atoms. The van der Waals surface area contributed by atoms with Gasteiger partial charge in [0.05, 0.1) is 0 Å². The van der Waals surface area contributed by atoms with E-state index in [0.29, 0.717) is 5.56 Å². The Hall–Kier alpha value is -2.37. The van der Waals surface area contributed by atoms with E-state index in [4.69, 9.17) is 9.84 Å². The Bertz CT molecular complexity index is 504. The van der Waals surface area contributed by atoms with Gasteiger partial charge in [0.25, 0.3) is 5.78 Å². The van der Waals surface area contributed by atoms with Crippen LogP contribution in [-0.4, -0.2) is 28.6 Å². The zero-order valence-electron chi connectivity index (χ0n) is 11.5. The summed E-state index contributed by atoms with van der Waals surface area (Å²) in [6, 6.07) is 6.86. The topological polar surface area (TPSA) is 92.7 Å². The maximum absolute atomic E-state index is 11.7. The van der Waals surface area contributed by atoms with Crippen LogP contribution in [0.1, 0.15) is 32.4 Å². The zero-order chi connectivity index (χ0) is 15.3. The zero-order valence-corrected chi connectivity index (χ0v) is 11.5. The highest BCUT2D eigenvalue weighted by atomic mass is 16.6. The number of rotatable bonds is 4. The summed E-state index contributed by atoms with van der Waals surface area (Å²) in [6.07, 6.45) is -0.846. The number of ketones is 1. The molecule has 0 saturated heterocycles. The first kappa shape index (κ1) is 15.7. The van der Waals surface area contributed by atoms with Gasteiger partial charge in [0.1, 0.15) is 11.6 Å². The van der Waals surface area contributed by atoms with Crippen LogP contribution in [0.4, 0.5) is 4.79 Å². The highest BCUT2D eigenvalue weighted by Crippen LogP contribution is 2.15. The van der Waals surface area contributed by atoms with Crippen molar-refractivity contribution in [1.82, 2.24) is 5.32 Å². The van der Waals surface area contributed by atoms with Crippen LogP contribution in [0.25, 0.3) is 0 Å². The molecule has 1 atom stereocenters. The third kappa shape index (κ3) is 4.72. The van der Waals surface area contributed by atoms with Gasteiger partial charge in [0.15, 0.2) is 0 Å². The average molecular weight is 279 g/mol. The van der Waals surface area contributed by atoms with Crippen LogP contribution in [-0.2, 0) is 14.3 Å². The lowest BCUT2D eigenvalue weighted by Crippen LogP contribution is -2.40. The predicted molar refractivity (Wildman–Crippen MR) is 71.2 cm³/mol. The molecule has 0 unspecified atom stereocenters. The first-order valence-corrected chi connectivity index (χ1v) is 6.02. The van der Waals surface area contributed by atoms with Crippen molar-refractivity contribution in [3.63, 3.8) is 0 Å². The second kappa shape index (κ2) is 6.18. The fourth-order valence-corrected chi connectivity index (χ4v) is 1.49. The number of carbonyl (C=O) groups excluding carboxylic acids is 2. The summed E-state index contributed by atoms with van der Waals surface area (Å²) >= 11 is 0. The number of alkyl carbamates (subject to hydrolysis) is 1. The number of nitrogens with one attached hydrogen (secondary N) is 1. The molecule has 0 saturated carbocycles. The maximum Gasteiger partial charge on any atom is 0.408 e. The minimum atomic E-state index is -1.62. The molecule has 20 heavy (non-hydrogen) atoms. The molecule has 1 aromatic rings. The summed E-state index contributed by atoms with van der Waals surface area (Å²) in [4.78, 5) is 34.2. The number of hydrogen-bond acceptors (Lipinski definition) is 4. The van der Waals surface area contributed by atoms with E-state index < -0.39 is 29.5 Å². The number of aliphatic carboxylic acids is 1. The molecule has 1 aromatic carbocycles. The number of ether oxygens (including phenoxy) is 1. The molecule has 0 fully saturated rings. The van der Waals surface area contributed by atoms with Gasteiger partial charge < -0.3 is 15.2 Å². The van der Waals surface area contributed by atoms with Gasteiger partial charge in [-0.25, -0.2) is 9.59 Å². The maximum atomic E-state index is 11.7. The third-order valence-electron chi connectivity index (χ3n) is 2.27. The molecule has 0 aromatic heterocycles. The lowest BCUT2D eigenvalue weighted by atomic mass is 10.0. The molecular weight excluding hydrogens is 262 g/mol. The van der Waals surface area contributed by atoms with Crippen LogP contribution in [0, 0.1) is 0 Å². The molecule has 0 aliphatic carbocycles. The fourth-order valence-electron chi connectivity index (χ4n) is 1.49. The van der Waals surface area contributed by atoms with Crippen LogP contribution in [0.15, 0.2) is 30.3 Å². The molecule has 0 heterocycles. The summed E-state index contributed by atoms with van der Waals surface area (Å²) in [5.74, 6) is -2.74. The monoisotopic (exact) mass is 279 g/mol. The number of Topliss-reactive ketones (excluding diaryl/α,β-unsaturated/α-hetero) is 1. The van der Waals surface area contributed by atoms with E-state index in [1.165, 1.54) is 0 Å². The van der Waals surface area contributed by atoms with E-state index >= 15 is 0 Å². The first-order valence-electron chi connectivity index (χ1n) is 6.02. The normalized spacial score (nSPS) is 12.3. The van der Waals surface area contributed by atoms with Gasteiger partial charge >= 0.3 is 12.1 Å². The van der Waals surface area contributed by atoms with Gasteiger partial charge in [0.2, 0.25) is 0 Å². The summed E-state index contributed by atoms with van der Waals surface area (Å²) < 4.78 is 5.02. The fraction of sp³-hybridized carbons (Fsp3) is 0.357. The molecule has 1 rings (SSSR count). The second-order valence-corrected chi connectivity index (χ2v) is 5.16. The van der Waals surface area contributed by atoms with E-state index in [2.05, 4.69) is 5.32 Å². The van der Waals surface area contributed by atoms with Crippen molar-refractivity contribution in [1.29, 1.82) is 0 Å². The molecule has 0 aliphatic heterocycles. The number of carboxylic acid groups (broad SMARTS) is 1. The molecule has 0 aliphatic rings. The first-order chi connectivity index (χ1) is 9.20. The van der Waals surface area contributed by atoms with Crippen molar-refractivity contribution in [3.05, 3.63) is 35.9 Å². The van der Waals surface area contributed by atoms with Crippen molar-refractivity contribution in [2.75, 3.05) is 0 Å². The van der Waals surface area contributed by atoms with E-state index in [9.17, 15) is 14.4 Å². The van der Waals surface area contributed by atoms with Crippen LogP contribution >= 0.6 is 0 Å². The standard InChI is InChI=1S/C14H17NO5/c1-14(2,3)20-13(19)15-10(11(16)12(17)18)9-7-5-4-6-8-9/h4-8,10H,1-3H3,(H,15,19)(H,17,18)/t10-/m0/s1. The highest BCUT2D eigenvalue weighted by molar-refractivity contribution is 6.35. The van der Waals surface area contributed by atoms with Gasteiger partial charge in [-0.05, 0) is 26.3 Å². The SMILES string of the molecule is CC(C)(C)OC(=O)N[C@H](C(=O)C(=O)O)c1ccccc1. The molecule has 0 radical (unpaired) electrons. The molecular formula is C14H17NO5. The Labute approximate surface area is 116 Å². The van der Waals surface area contributed by atoms with Gasteiger partial charge in [-0.2, -0.15) is 0 Å². The summed E-state index contributed by atoms with van der Waals surface area (Å²) in [6.45, 7) is 5.01. The molecule has 108 valence electrons. The van der Waals surface area contributed by atoms with E-state index in [-0.39, 0.29) is 0 Å². The molecule has 1 amide bonds. The Kier molecular flexibility index (Phi) is 4.85. The minimum Gasteiger partial charge on any atom is -0.475 e. The summed E-state index contributed by atoms with van der Waals surface area (Å²) in [7, 11) is 0. The van der Waals surface area contributed by atoms with Crippen molar-refractivity contribution < 1.29 is 24.2 Å². The molecule has 6 nitrogen and oxygen atoms in total. The van der Waals surface area contributed by atoms with Gasteiger partial charge in [-0.15, -0.1) is 0 Å². The van der Waals surface area contributed by atoms with Gasteiger partial charge in [0, 0.05) is 0 Å². The lowest BCUT2D eigenvalue weighted by molar-refractivity contribution is -0.150. The quantitative estimate of drug-likeness (QED) is 0.821. The Morgan fingerprint density at radius 3 is 2.15 bits per heavy atom. The Morgan fingerprint density at radius 1 is 1.15 bits per heavy atom. The number of benzene rings is 1. The molecule has 6 heteroatoms. The second-order valence-electron chi connectivity index (χ2n) is 5.16. The van der Waals surface area contributed by atoms with Crippen molar-refractivity contribution in [2.24, 2.45) is 0 Å². The van der Waals surface area contributed by atoms with Crippen LogP contribution in [0.2, 0.25) is 0 Å². The average Bonchev–Trinajstić information content (AvgIpc) is 2.34. The lowest BCUT2D eigenvalue weighted by Gasteiger charge is -2.22. The summed E-state index contributed by atoms with van der Waals surface area (Å²) in [5.41, 5.74) is -0.358. The summed E-state index contributed by atoms with van der Waals surface area (Å²) in [5, 5.41) is 11.1. The number of carbonyl (C=O) groups is 3. The van der Waals surface area contributed by atoms with Gasteiger partial charge in [-0.1, -0.05) is 30.3 Å². The molecule has 2 N–H and O–H groups in total. The highest BCUT2D eigenvalue weighted by Gasteiger charge is 2.29. The smallest absolute Gasteiger partial charge is 0.408 e. The van der Waals surface area contributed by atoms with E-state index in [1.807, 2.05) is 0 Å². The van der Waals surface area contributed by atoms with E-state index in [1.54, 1.807) is 51.1 Å². The predicted octanol–water partition coefficient (Wildman–Crippen LogP) is 1.91. The van der Waals surface area contributed by atoms with Crippen LogP contribution in [0.3, 0.4) is 0 Å². The minimum absolute atomic E-state index is 0.380. The number of hydrogen-bond donors (Lipinski definition) is 2. The Balaban J connectivity index is 2.93. The van der Waals surface area contributed by atoms with Crippen LogP contribution < -0.4 is 5.32 Å². The number of amides is 1. The van der Waals surface area contributed by atoms with Crippen molar-refractivity contribution >= 4 is 17.8 Å². The van der Waals surface area contributed by atoms with Crippen molar-refractivity contribution in [2.45, 2.75) is 32.4 Å². The van der Waals surface area contributed by atoms with Crippen molar-refractivity contribution in [3.8, 4) is 0 Å².